The number of hydrogen-bond acceptors (Lipinski definition) is 3. The van der Waals surface area contributed by atoms with Crippen LogP contribution in [0.1, 0.15) is 24.0 Å². The number of hydrogen-bond donors (Lipinski definition) is 1. The first-order chi connectivity index (χ1) is 12.1. The second kappa shape index (κ2) is 7.66. The molecule has 1 heterocycles. The summed E-state index contributed by atoms with van der Waals surface area (Å²) in [6, 6.07) is 13.9. The molecule has 1 aliphatic heterocycles. The molecule has 4 nitrogen and oxygen atoms in total. The summed E-state index contributed by atoms with van der Waals surface area (Å²) >= 11 is 0. The third-order valence-electron chi connectivity index (χ3n) is 4.65. The molecule has 132 valence electrons. The number of benzene rings is 2. The van der Waals surface area contributed by atoms with Gasteiger partial charge in [-0.1, -0.05) is 30.3 Å². The number of carbonyl (C=O) groups is 1. The molecule has 0 spiro atoms. The minimum Gasteiger partial charge on any atom is -0.496 e. The molecule has 0 bridgehead atoms. The number of carbonyl (C=O) groups excluding carboxylic acids is 1. The normalized spacial score (nSPS) is 16.2. The summed E-state index contributed by atoms with van der Waals surface area (Å²) in [5.74, 6) is 0.266. The zero-order chi connectivity index (χ0) is 17.7. The summed E-state index contributed by atoms with van der Waals surface area (Å²) in [5, 5.41) is 3.13. The molecule has 25 heavy (non-hydrogen) atoms. The van der Waals surface area contributed by atoms with E-state index < -0.39 is 5.54 Å². The van der Waals surface area contributed by atoms with Gasteiger partial charge in [0.1, 0.15) is 11.6 Å². The Morgan fingerprint density at radius 2 is 1.96 bits per heavy atom. The minimum atomic E-state index is -0.598. The van der Waals surface area contributed by atoms with E-state index in [2.05, 4.69) is 5.32 Å². The molecular weight excluding hydrogens is 321 g/mol. The summed E-state index contributed by atoms with van der Waals surface area (Å²) in [6.07, 6.45) is 1.45. The Kier molecular flexibility index (Phi) is 5.34. The fraction of sp³-hybridized carbons (Fsp3) is 0.350. The molecule has 5 heteroatoms. The summed E-state index contributed by atoms with van der Waals surface area (Å²) < 4.78 is 24.5. The average Bonchev–Trinajstić information content (AvgIpc) is 2.63. The molecule has 1 aliphatic rings. The van der Waals surface area contributed by atoms with Crippen molar-refractivity contribution in [3.05, 3.63) is 65.5 Å². The van der Waals surface area contributed by atoms with Gasteiger partial charge >= 0.3 is 0 Å². The lowest BCUT2D eigenvalue weighted by atomic mass is 9.82. The van der Waals surface area contributed by atoms with E-state index in [1.807, 2.05) is 30.3 Å². The largest absolute Gasteiger partial charge is 0.496 e. The van der Waals surface area contributed by atoms with E-state index in [0.29, 0.717) is 31.8 Å². The minimum absolute atomic E-state index is 0.115. The van der Waals surface area contributed by atoms with Crippen molar-refractivity contribution in [3.63, 3.8) is 0 Å². The standard InChI is InChI=1S/C20H22FNO3/c1-24-18-8-3-2-5-15(18)13-19(23)22-20(9-11-25-12-10-20)16-6-4-7-17(21)14-16/h2-8,14H,9-13H2,1H3,(H,22,23). The van der Waals surface area contributed by atoms with Crippen molar-refractivity contribution in [2.75, 3.05) is 20.3 Å². The molecule has 2 aromatic carbocycles. The molecule has 0 radical (unpaired) electrons. The van der Waals surface area contributed by atoms with Crippen molar-refractivity contribution >= 4 is 5.91 Å². The Bertz CT molecular complexity index is 741. The van der Waals surface area contributed by atoms with E-state index in [4.69, 9.17) is 9.47 Å². The summed E-state index contributed by atoms with van der Waals surface area (Å²) in [6.45, 7) is 1.07. The fourth-order valence-electron chi connectivity index (χ4n) is 3.32. The number of methoxy groups -OCH3 is 1. The quantitative estimate of drug-likeness (QED) is 0.907. The predicted octanol–water partition coefficient (Wildman–Crippen LogP) is 3.20. The zero-order valence-corrected chi connectivity index (χ0v) is 14.3. The summed E-state index contributed by atoms with van der Waals surface area (Å²) in [5.41, 5.74) is 1.01. The first-order valence-corrected chi connectivity index (χ1v) is 8.40. The highest BCUT2D eigenvalue weighted by Gasteiger charge is 2.36. The summed E-state index contributed by atoms with van der Waals surface area (Å²) in [4.78, 5) is 12.7. The molecule has 1 saturated heterocycles. The van der Waals surface area contributed by atoms with Crippen LogP contribution in [0, 0.1) is 5.82 Å². The maximum Gasteiger partial charge on any atom is 0.225 e. The number of nitrogens with one attached hydrogen (secondary N) is 1. The monoisotopic (exact) mass is 343 g/mol. The Morgan fingerprint density at radius 1 is 1.20 bits per heavy atom. The van der Waals surface area contributed by atoms with Crippen LogP contribution < -0.4 is 10.1 Å². The van der Waals surface area contributed by atoms with Crippen molar-refractivity contribution in [3.8, 4) is 5.75 Å². The lowest BCUT2D eigenvalue weighted by molar-refractivity contribution is -0.123. The molecule has 0 aliphatic carbocycles. The zero-order valence-electron chi connectivity index (χ0n) is 14.3. The Morgan fingerprint density at radius 3 is 2.68 bits per heavy atom. The van der Waals surface area contributed by atoms with Crippen molar-refractivity contribution in [2.24, 2.45) is 0 Å². The Hall–Kier alpha value is -2.40. The van der Waals surface area contributed by atoms with Gasteiger partial charge in [-0.15, -0.1) is 0 Å². The van der Waals surface area contributed by atoms with Crippen molar-refractivity contribution in [2.45, 2.75) is 24.8 Å². The second-order valence-electron chi connectivity index (χ2n) is 6.24. The SMILES string of the molecule is COc1ccccc1CC(=O)NC1(c2cccc(F)c2)CCOCC1. The smallest absolute Gasteiger partial charge is 0.225 e. The molecule has 1 N–H and O–H groups in total. The van der Waals surface area contributed by atoms with Gasteiger partial charge in [0.05, 0.1) is 19.1 Å². The lowest BCUT2D eigenvalue weighted by Crippen LogP contribution is -2.50. The predicted molar refractivity (Wildman–Crippen MR) is 93.0 cm³/mol. The molecule has 1 fully saturated rings. The topological polar surface area (TPSA) is 47.6 Å². The maximum atomic E-state index is 13.7. The summed E-state index contributed by atoms with van der Waals surface area (Å²) in [7, 11) is 1.59. The number of rotatable bonds is 5. The van der Waals surface area contributed by atoms with Crippen molar-refractivity contribution in [1.82, 2.24) is 5.32 Å². The lowest BCUT2D eigenvalue weighted by Gasteiger charge is -2.38. The Labute approximate surface area is 147 Å². The van der Waals surface area contributed by atoms with E-state index in [1.54, 1.807) is 13.2 Å². The number of para-hydroxylation sites is 1. The third-order valence-corrected chi connectivity index (χ3v) is 4.65. The second-order valence-corrected chi connectivity index (χ2v) is 6.24. The number of halogens is 1. The van der Waals surface area contributed by atoms with Crippen molar-refractivity contribution in [1.29, 1.82) is 0 Å². The van der Waals surface area contributed by atoms with Gasteiger partial charge in [0.2, 0.25) is 5.91 Å². The molecule has 1 amide bonds. The van der Waals surface area contributed by atoms with Gasteiger partial charge in [-0.2, -0.15) is 0 Å². The molecule has 0 aromatic heterocycles. The van der Waals surface area contributed by atoms with Crippen LogP contribution in [0.5, 0.6) is 5.75 Å². The van der Waals surface area contributed by atoms with Gasteiger partial charge in [-0.3, -0.25) is 4.79 Å². The molecule has 3 rings (SSSR count). The van der Waals surface area contributed by atoms with E-state index in [0.717, 1.165) is 11.1 Å². The van der Waals surface area contributed by atoms with Crippen LogP contribution in [0.2, 0.25) is 0 Å². The van der Waals surface area contributed by atoms with Crippen LogP contribution in [0.3, 0.4) is 0 Å². The third kappa shape index (κ3) is 3.99. The highest BCUT2D eigenvalue weighted by Crippen LogP contribution is 2.33. The van der Waals surface area contributed by atoms with Gasteiger partial charge in [0, 0.05) is 18.8 Å². The number of amides is 1. The van der Waals surface area contributed by atoms with Gasteiger partial charge in [0.25, 0.3) is 0 Å². The van der Waals surface area contributed by atoms with Crippen LogP contribution in [0.15, 0.2) is 48.5 Å². The van der Waals surface area contributed by atoms with Gasteiger partial charge in [0.15, 0.2) is 0 Å². The van der Waals surface area contributed by atoms with Crippen LogP contribution in [-0.4, -0.2) is 26.2 Å². The highest BCUT2D eigenvalue weighted by molar-refractivity contribution is 5.80. The van der Waals surface area contributed by atoms with Crippen LogP contribution in [0.25, 0.3) is 0 Å². The number of ether oxygens (including phenoxy) is 2. The highest BCUT2D eigenvalue weighted by atomic mass is 19.1. The van der Waals surface area contributed by atoms with Gasteiger partial charge in [-0.05, 0) is 36.6 Å². The maximum absolute atomic E-state index is 13.7. The molecule has 0 saturated carbocycles. The van der Waals surface area contributed by atoms with Crippen molar-refractivity contribution < 1.29 is 18.7 Å². The molecule has 0 atom stereocenters. The van der Waals surface area contributed by atoms with E-state index in [-0.39, 0.29) is 18.1 Å². The first kappa shape index (κ1) is 17.4. The first-order valence-electron chi connectivity index (χ1n) is 8.40. The van der Waals surface area contributed by atoms with Crippen LogP contribution >= 0.6 is 0 Å². The average molecular weight is 343 g/mol. The molecule has 0 unspecified atom stereocenters. The molecule has 2 aromatic rings. The van der Waals surface area contributed by atoms with E-state index in [1.165, 1.54) is 12.1 Å². The fourth-order valence-corrected chi connectivity index (χ4v) is 3.32. The van der Waals surface area contributed by atoms with E-state index >= 15 is 0 Å². The molecular formula is C20H22FNO3. The van der Waals surface area contributed by atoms with Gasteiger partial charge in [-0.25, -0.2) is 4.39 Å². The van der Waals surface area contributed by atoms with Crippen LogP contribution in [0.4, 0.5) is 4.39 Å². The van der Waals surface area contributed by atoms with Gasteiger partial charge < -0.3 is 14.8 Å². The Balaban J connectivity index is 1.82. The van der Waals surface area contributed by atoms with E-state index in [9.17, 15) is 9.18 Å². The van der Waals surface area contributed by atoms with Crippen LogP contribution in [-0.2, 0) is 21.5 Å².